The molecule has 1 aromatic rings. The van der Waals surface area contributed by atoms with Gasteiger partial charge in [-0.25, -0.2) is 0 Å². The Balaban J connectivity index is 2.36. The largest absolute Gasteiger partial charge is 0.321 e. The standard InChI is InChI=1S/C12H17N/c1-9-4-5-11(8-10(9)2)12(13)6-3-7-12/h4-5,8H,3,6-7,13H2,1-2H3. The van der Waals surface area contributed by atoms with Crippen LogP contribution in [0.1, 0.15) is 36.0 Å². The van der Waals surface area contributed by atoms with Gasteiger partial charge in [0.25, 0.3) is 0 Å². The summed E-state index contributed by atoms with van der Waals surface area (Å²) in [6, 6.07) is 6.60. The van der Waals surface area contributed by atoms with Crippen LogP contribution in [0.4, 0.5) is 0 Å². The second kappa shape index (κ2) is 2.85. The topological polar surface area (TPSA) is 26.0 Å². The summed E-state index contributed by atoms with van der Waals surface area (Å²) >= 11 is 0. The molecule has 2 rings (SSSR count). The van der Waals surface area contributed by atoms with Gasteiger partial charge < -0.3 is 5.73 Å². The predicted molar refractivity (Wildman–Crippen MR) is 55.6 cm³/mol. The minimum Gasteiger partial charge on any atom is -0.321 e. The van der Waals surface area contributed by atoms with Crippen molar-refractivity contribution in [3.8, 4) is 0 Å². The zero-order valence-electron chi connectivity index (χ0n) is 8.43. The van der Waals surface area contributed by atoms with E-state index in [4.69, 9.17) is 5.73 Å². The van der Waals surface area contributed by atoms with E-state index in [1.165, 1.54) is 23.1 Å². The van der Waals surface area contributed by atoms with E-state index in [1.807, 2.05) is 0 Å². The van der Waals surface area contributed by atoms with E-state index < -0.39 is 0 Å². The highest BCUT2D eigenvalue weighted by Crippen LogP contribution is 2.38. The van der Waals surface area contributed by atoms with E-state index in [9.17, 15) is 0 Å². The molecule has 0 unspecified atom stereocenters. The third-order valence-corrected chi connectivity index (χ3v) is 3.33. The lowest BCUT2D eigenvalue weighted by molar-refractivity contribution is 0.253. The summed E-state index contributed by atoms with van der Waals surface area (Å²) in [5, 5.41) is 0. The molecule has 70 valence electrons. The first-order valence-corrected chi connectivity index (χ1v) is 4.98. The molecule has 0 radical (unpaired) electrons. The van der Waals surface area contributed by atoms with Crippen molar-refractivity contribution in [1.82, 2.24) is 0 Å². The van der Waals surface area contributed by atoms with Gasteiger partial charge in [-0.3, -0.25) is 0 Å². The number of hydrogen-bond donors (Lipinski definition) is 1. The normalized spacial score (nSPS) is 19.6. The summed E-state index contributed by atoms with van der Waals surface area (Å²) in [6.07, 6.45) is 3.58. The number of aryl methyl sites for hydroxylation is 2. The minimum absolute atomic E-state index is 0.00153. The molecule has 0 aliphatic heterocycles. The zero-order chi connectivity index (χ0) is 9.47. The molecule has 1 fully saturated rings. The molecule has 0 saturated heterocycles. The molecule has 0 bridgehead atoms. The van der Waals surface area contributed by atoms with Gasteiger partial charge >= 0.3 is 0 Å². The van der Waals surface area contributed by atoms with Crippen LogP contribution in [0, 0.1) is 13.8 Å². The molecule has 0 heterocycles. The molecular weight excluding hydrogens is 158 g/mol. The fourth-order valence-electron chi connectivity index (χ4n) is 1.90. The molecule has 1 aliphatic carbocycles. The second-order valence-electron chi connectivity index (χ2n) is 4.31. The Morgan fingerprint density at radius 2 is 1.85 bits per heavy atom. The summed E-state index contributed by atoms with van der Waals surface area (Å²) in [7, 11) is 0. The monoisotopic (exact) mass is 175 g/mol. The first-order chi connectivity index (χ1) is 6.12. The molecule has 1 nitrogen and oxygen atoms in total. The quantitative estimate of drug-likeness (QED) is 0.697. The van der Waals surface area contributed by atoms with Crippen LogP contribution in [-0.2, 0) is 5.54 Å². The fourth-order valence-corrected chi connectivity index (χ4v) is 1.90. The van der Waals surface area contributed by atoms with Gasteiger partial charge in [-0.05, 0) is 49.8 Å². The Morgan fingerprint density at radius 3 is 2.31 bits per heavy atom. The summed E-state index contributed by atoms with van der Waals surface area (Å²) in [6.45, 7) is 4.30. The van der Waals surface area contributed by atoms with Gasteiger partial charge in [0.05, 0.1) is 0 Å². The van der Waals surface area contributed by atoms with E-state index in [2.05, 4.69) is 32.0 Å². The Kier molecular flexibility index (Phi) is 1.92. The van der Waals surface area contributed by atoms with Crippen LogP contribution in [0.15, 0.2) is 18.2 Å². The molecule has 0 aromatic heterocycles. The highest BCUT2D eigenvalue weighted by atomic mass is 14.8. The van der Waals surface area contributed by atoms with Gasteiger partial charge in [-0.15, -0.1) is 0 Å². The Hall–Kier alpha value is -0.820. The van der Waals surface area contributed by atoms with Crippen LogP contribution in [0.5, 0.6) is 0 Å². The van der Waals surface area contributed by atoms with E-state index >= 15 is 0 Å². The van der Waals surface area contributed by atoms with Crippen molar-refractivity contribution in [2.45, 2.75) is 38.6 Å². The smallest absolute Gasteiger partial charge is 0.0409 e. The van der Waals surface area contributed by atoms with Crippen molar-refractivity contribution < 1.29 is 0 Å². The lowest BCUT2D eigenvalue weighted by Gasteiger charge is -2.38. The van der Waals surface area contributed by atoms with Crippen molar-refractivity contribution >= 4 is 0 Å². The number of benzene rings is 1. The van der Waals surface area contributed by atoms with Crippen molar-refractivity contribution in [2.75, 3.05) is 0 Å². The number of hydrogen-bond acceptors (Lipinski definition) is 1. The van der Waals surface area contributed by atoms with E-state index in [1.54, 1.807) is 0 Å². The average Bonchev–Trinajstić information content (AvgIpc) is 2.06. The van der Waals surface area contributed by atoms with Crippen LogP contribution >= 0.6 is 0 Å². The molecule has 0 amide bonds. The summed E-state index contributed by atoms with van der Waals surface area (Å²) in [5.74, 6) is 0. The molecule has 1 aromatic carbocycles. The van der Waals surface area contributed by atoms with Crippen LogP contribution in [0.25, 0.3) is 0 Å². The van der Waals surface area contributed by atoms with Crippen molar-refractivity contribution in [2.24, 2.45) is 5.73 Å². The van der Waals surface area contributed by atoms with Crippen molar-refractivity contribution in [3.63, 3.8) is 0 Å². The lowest BCUT2D eigenvalue weighted by atomic mass is 9.72. The van der Waals surface area contributed by atoms with Crippen LogP contribution < -0.4 is 5.73 Å². The maximum absolute atomic E-state index is 6.24. The van der Waals surface area contributed by atoms with Gasteiger partial charge in [-0.2, -0.15) is 0 Å². The zero-order valence-corrected chi connectivity index (χ0v) is 8.43. The SMILES string of the molecule is Cc1ccc(C2(N)CCC2)cc1C. The maximum atomic E-state index is 6.24. The molecule has 1 saturated carbocycles. The second-order valence-corrected chi connectivity index (χ2v) is 4.31. The first kappa shape index (κ1) is 8.76. The van der Waals surface area contributed by atoms with Crippen LogP contribution in [-0.4, -0.2) is 0 Å². The molecule has 1 aliphatic rings. The van der Waals surface area contributed by atoms with Gasteiger partial charge in [0.2, 0.25) is 0 Å². The van der Waals surface area contributed by atoms with Crippen molar-refractivity contribution in [1.29, 1.82) is 0 Å². The van der Waals surface area contributed by atoms with E-state index in [-0.39, 0.29) is 5.54 Å². The van der Waals surface area contributed by atoms with E-state index in [0.717, 1.165) is 12.8 Å². The summed E-state index contributed by atoms with van der Waals surface area (Å²) in [4.78, 5) is 0. The predicted octanol–water partition coefficient (Wildman–Crippen LogP) is 2.64. The van der Waals surface area contributed by atoms with Gasteiger partial charge in [0, 0.05) is 5.54 Å². The van der Waals surface area contributed by atoms with Crippen LogP contribution in [0.2, 0.25) is 0 Å². The third-order valence-electron chi connectivity index (χ3n) is 3.33. The average molecular weight is 175 g/mol. The fraction of sp³-hybridized carbons (Fsp3) is 0.500. The molecule has 0 atom stereocenters. The van der Waals surface area contributed by atoms with Gasteiger partial charge in [0.1, 0.15) is 0 Å². The minimum atomic E-state index is -0.00153. The Bertz CT molecular complexity index is 324. The maximum Gasteiger partial charge on any atom is 0.0409 e. The number of rotatable bonds is 1. The molecule has 1 heteroatoms. The van der Waals surface area contributed by atoms with Gasteiger partial charge in [-0.1, -0.05) is 18.2 Å². The van der Waals surface area contributed by atoms with Crippen LogP contribution in [0.3, 0.4) is 0 Å². The lowest BCUT2D eigenvalue weighted by Crippen LogP contribution is -2.43. The molecule has 0 spiro atoms. The molecule has 13 heavy (non-hydrogen) atoms. The highest BCUT2D eigenvalue weighted by Gasteiger charge is 2.34. The summed E-state index contributed by atoms with van der Waals surface area (Å²) in [5.41, 5.74) is 10.3. The third kappa shape index (κ3) is 1.37. The first-order valence-electron chi connectivity index (χ1n) is 4.98. The van der Waals surface area contributed by atoms with Gasteiger partial charge in [0.15, 0.2) is 0 Å². The summed E-state index contributed by atoms with van der Waals surface area (Å²) < 4.78 is 0. The van der Waals surface area contributed by atoms with Crippen molar-refractivity contribution in [3.05, 3.63) is 34.9 Å². The number of nitrogens with two attached hydrogens (primary N) is 1. The molecule has 2 N–H and O–H groups in total. The Labute approximate surface area is 80.0 Å². The van der Waals surface area contributed by atoms with E-state index in [0.29, 0.717) is 0 Å². The Morgan fingerprint density at radius 1 is 1.15 bits per heavy atom. The highest BCUT2D eigenvalue weighted by molar-refractivity contribution is 5.35. The molecular formula is C12H17N.